The highest BCUT2D eigenvalue weighted by atomic mass is 79.9. The summed E-state index contributed by atoms with van der Waals surface area (Å²) in [6.07, 6.45) is 2.36. The normalized spacial score (nSPS) is 16.7. The predicted octanol–water partition coefficient (Wildman–Crippen LogP) is 3.57. The monoisotopic (exact) mass is 404 g/mol. The number of fused-ring (bicyclic) bond motifs is 1. The highest BCUT2D eigenvalue weighted by molar-refractivity contribution is 9.10. The Morgan fingerprint density at radius 2 is 1.92 bits per heavy atom. The van der Waals surface area contributed by atoms with Gasteiger partial charge in [-0.1, -0.05) is 24.3 Å². The molecule has 1 aliphatic rings. The number of halogens is 1. The molecule has 1 amide bonds. The summed E-state index contributed by atoms with van der Waals surface area (Å²) < 4.78 is 7.72. The van der Waals surface area contributed by atoms with Crippen LogP contribution in [0.25, 0.3) is 0 Å². The third-order valence-electron chi connectivity index (χ3n) is 4.57. The number of hydrogen-bond acceptors (Lipinski definition) is 3. The standard InChI is InChI=1S/C19H21BrN2O3/c1-12(2)21-11-15(20)9-16(21)18(23)22-10-14-7-5-4-6-13(14)8-17(22)19(24)25-3/h4-7,9,11-12,17H,8,10H2,1-3H3. The second-order valence-corrected chi connectivity index (χ2v) is 7.41. The van der Waals surface area contributed by atoms with Crippen LogP contribution in [0.1, 0.15) is 41.5 Å². The minimum absolute atomic E-state index is 0.138. The summed E-state index contributed by atoms with van der Waals surface area (Å²) >= 11 is 3.44. The van der Waals surface area contributed by atoms with Crippen LogP contribution in [0, 0.1) is 0 Å². The predicted molar refractivity (Wildman–Crippen MR) is 98.3 cm³/mol. The van der Waals surface area contributed by atoms with Crippen LogP contribution in [0.5, 0.6) is 0 Å². The van der Waals surface area contributed by atoms with Gasteiger partial charge in [0.05, 0.1) is 7.11 Å². The molecule has 1 aliphatic heterocycles. The molecule has 1 aromatic heterocycles. The summed E-state index contributed by atoms with van der Waals surface area (Å²) in [5, 5.41) is 0. The average Bonchev–Trinajstić information content (AvgIpc) is 3.01. The van der Waals surface area contributed by atoms with Crippen molar-refractivity contribution in [1.82, 2.24) is 9.47 Å². The van der Waals surface area contributed by atoms with Gasteiger partial charge >= 0.3 is 5.97 Å². The molecule has 0 saturated heterocycles. The van der Waals surface area contributed by atoms with Crippen molar-refractivity contribution in [3.63, 3.8) is 0 Å². The van der Waals surface area contributed by atoms with E-state index in [2.05, 4.69) is 15.9 Å². The summed E-state index contributed by atoms with van der Waals surface area (Å²) in [6, 6.07) is 9.23. The van der Waals surface area contributed by atoms with E-state index in [4.69, 9.17) is 4.74 Å². The molecule has 0 radical (unpaired) electrons. The first-order chi connectivity index (χ1) is 11.9. The number of nitrogens with zero attached hydrogens (tertiary/aromatic N) is 2. The number of methoxy groups -OCH3 is 1. The number of hydrogen-bond donors (Lipinski definition) is 0. The van der Waals surface area contributed by atoms with Crippen LogP contribution >= 0.6 is 15.9 Å². The molecular weight excluding hydrogens is 384 g/mol. The molecule has 5 nitrogen and oxygen atoms in total. The molecule has 0 bridgehead atoms. The zero-order valence-electron chi connectivity index (χ0n) is 14.5. The maximum Gasteiger partial charge on any atom is 0.328 e. The first-order valence-electron chi connectivity index (χ1n) is 8.25. The van der Waals surface area contributed by atoms with Gasteiger partial charge in [-0.15, -0.1) is 0 Å². The fraction of sp³-hybridized carbons (Fsp3) is 0.368. The van der Waals surface area contributed by atoms with Crippen LogP contribution in [-0.4, -0.2) is 34.5 Å². The van der Waals surface area contributed by atoms with E-state index < -0.39 is 6.04 Å². The van der Waals surface area contributed by atoms with Crippen LogP contribution in [0.2, 0.25) is 0 Å². The number of benzene rings is 1. The second kappa shape index (κ2) is 7.04. The van der Waals surface area contributed by atoms with E-state index in [1.54, 1.807) is 11.0 Å². The lowest BCUT2D eigenvalue weighted by Gasteiger charge is -2.35. The van der Waals surface area contributed by atoms with Gasteiger partial charge in [-0.25, -0.2) is 4.79 Å². The summed E-state index contributed by atoms with van der Waals surface area (Å²) in [5.74, 6) is -0.547. The van der Waals surface area contributed by atoms with E-state index in [9.17, 15) is 9.59 Å². The summed E-state index contributed by atoms with van der Waals surface area (Å²) in [6.45, 7) is 4.44. The van der Waals surface area contributed by atoms with Crippen LogP contribution in [-0.2, 0) is 22.5 Å². The highest BCUT2D eigenvalue weighted by Gasteiger charge is 2.36. The van der Waals surface area contributed by atoms with Gasteiger partial charge in [-0.05, 0) is 47.0 Å². The van der Waals surface area contributed by atoms with E-state index in [0.717, 1.165) is 15.6 Å². The lowest BCUT2D eigenvalue weighted by Crippen LogP contribution is -2.49. The minimum Gasteiger partial charge on any atom is -0.467 e. The fourth-order valence-electron chi connectivity index (χ4n) is 3.27. The summed E-state index contributed by atoms with van der Waals surface area (Å²) in [4.78, 5) is 27.2. The van der Waals surface area contributed by atoms with Crippen LogP contribution in [0.3, 0.4) is 0 Å². The van der Waals surface area contributed by atoms with Gasteiger partial charge in [0.15, 0.2) is 0 Å². The Hall–Kier alpha value is -2.08. The number of carbonyl (C=O) groups excluding carboxylic acids is 2. The Bertz CT molecular complexity index is 813. The maximum absolute atomic E-state index is 13.3. The van der Waals surface area contributed by atoms with E-state index in [0.29, 0.717) is 18.7 Å². The zero-order valence-corrected chi connectivity index (χ0v) is 16.1. The largest absolute Gasteiger partial charge is 0.467 e. The van der Waals surface area contributed by atoms with Gasteiger partial charge in [-0.2, -0.15) is 0 Å². The Morgan fingerprint density at radius 3 is 2.56 bits per heavy atom. The fourth-order valence-corrected chi connectivity index (χ4v) is 3.71. The van der Waals surface area contributed by atoms with Gasteiger partial charge in [0.25, 0.3) is 5.91 Å². The third-order valence-corrected chi connectivity index (χ3v) is 5.01. The van der Waals surface area contributed by atoms with Gasteiger partial charge in [0.2, 0.25) is 0 Å². The van der Waals surface area contributed by atoms with E-state index in [1.165, 1.54) is 7.11 Å². The van der Waals surface area contributed by atoms with Crippen LogP contribution in [0.4, 0.5) is 0 Å². The van der Waals surface area contributed by atoms with Crippen molar-refractivity contribution in [3.8, 4) is 0 Å². The molecule has 132 valence electrons. The van der Waals surface area contributed by atoms with Crippen LogP contribution < -0.4 is 0 Å². The maximum atomic E-state index is 13.3. The Kier molecular flexibility index (Phi) is 4.99. The molecule has 25 heavy (non-hydrogen) atoms. The molecule has 0 aliphatic carbocycles. The van der Waals surface area contributed by atoms with Crippen LogP contribution in [0.15, 0.2) is 41.0 Å². The lowest BCUT2D eigenvalue weighted by molar-refractivity contribution is -0.146. The number of rotatable bonds is 3. The smallest absolute Gasteiger partial charge is 0.328 e. The van der Waals surface area contributed by atoms with Gasteiger partial charge in [0, 0.05) is 29.7 Å². The lowest BCUT2D eigenvalue weighted by atomic mass is 9.93. The molecule has 3 rings (SSSR count). The number of ether oxygens (including phenoxy) is 1. The number of aromatic nitrogens is 1. The molecule has 1 unspecified atom stereocenters. The Balaban J connectivity index is 2.01. The third kappa shape index (κ3) is 3.35. The first-order valence-corrected chi connectivity index (χ1v) is 9.04. The molecule has 0 saturated carbocycles. The highest BCUT2D eigenvalue weighted by Crippen LogP contribution is 2.28. The molecule has 0 fully saturated rings. The van der Waals surface area contributed by atoms with Crippen molar-refractivity contribution >= 4 is 27.8 Å². The molecular formula is C19H21BrN2O3. The number of amides is 1. The zero-order chi connectivity index (χ0) is 18.1. The Morgan fingerprint density at radius 1 is 1.24 bits per heavy atom. The van der Waals surface area contributed by atoms with E-state index in [1.807, 2.05) is 48.9 Å². The average molecular weight is 405 g/mol. The van der Waals surface area contributed by atoms with E-state index in [-0.39, 0.29) is 17.9 Å². The molecule has 0 N–H and O–H groups in total. The van der Waals surface area contributed by atoms with Gasteiger partial charge < -0.3 is 14.2 Å². The van der Waals surface area contributed by atoms with Crippen molar-refractivity contribution in [2.24, 2.45) is 0 Å². The number of esters is 1. The minimum atomic E-state index is -0.610. The molecule has 6 heteroatoms. The van der Waals surface area contributed by atoms with E-state index >= 15 is 0 Å². The van der Waals surface area contributed by atoms with Crippen molar-refractivity contribution in [3.05, 3.63) is 57.8 Å². The summed E-state index contributed by atoms with van der Waals surface area (Å²) in [7, 11) is 1.36. The number of carbonyl (C=O) groups is 2. The molecule has 2 aromatic rings. The van der Waals surface area contributed by atoms with Gasteiger partial charge in [-0.3, -0.25) is 4.79 Å². The molecule has 1 atom stereocenters. The van der Waals surface area contributed by atoms with Gasteiger partial charge in [0.1, 0.15) is 11.7 Å². The molecule has 2 heterocycles. The van der Waals surface area contributed by atoms with Crippen molar-refractivity contribution in [1.29, 1.82) is 0 Å². The van der Waals surface area contributed by atoms with Crippen molar-refractivity contribution in [2.45, 2.75) is 38.9 Å². The Labute approximate surface area is 155 Å². The quantitative estimate of drug-likeness (QED) is 0.734. The first kappa shape index (κ1) is 17.7. The topological polar surface area (TPSA) is 51.5 Å². The second-order valence-electron chi connectivity index (χ2n) is 6.49. The SMILES string of the molecule is COC(=O)C1Cc2ccccc2CN1C(=O)c1cc(Br)cn1C(C)C. The molecule has 1 aromatic carbocycles. The van der Waals surface area contributed by atoms with Crippen molar-refractivity contribution in [2.75, 3.05) is 7.11 Å². The summed E-state index contributed by atoms with van der Waals surface area (Å²) in [5.41, 5.74) is 2.72. The molecule has 0 spiro atoms. The van der Waals surface area contributed by atoms with Crippen molar-refractivity contribution < 1.29 is 14.3 Å².